The number of hydrogen-bond acceptors (Lipinski definition) is 5. The van der Waals surface area contributed by atoms with E-state index in [1.54, 1.807) is 0 Å². The average Bonchev–Trinajstić information content (AvgIpc) is 3.31. The summed E-state index contributed by atoms with van der Waals surface area (Å²) in [5.41, 5.74) is 16.7. The van der Waals surface area contributed by atoms with E-state index in [1.807, 2.05) is 18.2 Å². The molecule has 0 amide bonds. The van der Waals surface area contributed by atoms with Crippen LogP contribution in [-0.2, 0) is 0 Å². The number of aromatic nitrogens is 3. The van der Waals surface area contributed by atoms with Gasteiger partial charge in [0.15, 0.2) is 11.6 Å². The summed E-state index contributed by atoms with van der Waals surface area (Å²) in [4.78, 5) is 20.7. The van der Waals surface area contributed by atoms with E-state index in [-0.39, 0.29) is 0 Å². The van der Waals surface area contributed by atoms with E-state index in [4.69, 9.17) is 15.0 Å². The molecule has 310 valence electrons. The van der Waals surface area contributed by atoms with Crippen molar-refractivity contribution >= 4 is 55.9 Å². The number of benzene rings is 9. The SMILES string of the molecule is Cc1cc(C)c(N(c2ccc(N(c3nc(-c4ccccc4)nc(-c4cccc5ccccc45)n3)c3cc4ccccc4cc3-c3ccccc3)cc2)c2c(C)cc(C)cc2C)c(C)c1. The van der Waals surface area contributed by atoms with Crippen molar-refractivity contribution < 1.29 is 0 Å². The third-order valence-corrected chi connectivity index (χ3v) is 12.2. The van der Waals surface area contributed by atoms with Crippen molar-refractivity contribution in [2.75, 3.05) is 9.80 Å². The zero-order chi connectivity index (χ0) is 43.9. The normalized spacial score (nSPS) is 11.3. The molecule has 0 fully saturated rings. The summed E-state index contributed by atoms with van der Waals surface area (Å²) in [6.07, 6.45) is 0. The molecule has 0 unspecified atom stereocenters. The number of rotatable bonds is 9. The predicted octanol–water partition coefficient (Wildman–Crippen LogP) is 16.0. The summed E-state index contributed by atoms with van der Waals surface area (Å²) in [5.74, 6) is 1.72. The molecule has 1 heterocycles. The zero-order valence-corrected chi connectivity index (χ0v) is 37.1. The summed E-state index contributed by atoms with van der Waals surface area (Å²) in [6, 6.07) is 66.8. The highest BCUT2D eigenvalue weighted by molar-refractivity contribution is 5.99. The lowest BCUT2D eigenvalue weighted by atomic mass is 9.97. The first-order valence-corrected chi connectivity index (χ1v) is 21.9. The maximum absolute atomic E-state index is 5.46. The Hall–Kier alpha value is -7.89. The van der Waals surface area contributed by atoms with Crippen molar-refractivity contribution in [3.8, 4) is 33.9 Å². The second kappa shape index (κ2) is 16.8. The van der Waals surface area contributed by atoms with Crippen LogP contribution in [0.5, 0.6) is 0 Å². The van der Waals surface area contributed by atoms with Crippen LogP contribution < -0.4 is 9.80 Å². The van der Waals surface area contributed by atoms with Crippen molar-refractivity contribution in [2.24, 2.45) is 0 Å². The van der Waals surface area contributed by atoms with Gasteiger partial charge in [-0.2, -0.15) is 9.97 Å². The van der Waals surface area contributed by atoms with Crippen molar-refractivity contribution in [1.82, 2.24) is 15.0 Å². The van der Waals surface area contributed by atoms with Gasteiger partial charge in [0.1, 0.15) is 0 Å². The first kappa shape index (κ1) is 40.2. The van der Waals surface area contributed by atoms with Crippen LogP contribution in [0.2, 0.25) is 0 Å². The second-order valence-corrected chi connectivity index (χ2v) is 16.9. The lowest BCUT2D eigenvalue weighted by Crippen LogP contribution is -2.18. The van der Waals surface area contributed by atoms with Gasteiger partial charge in [-0.15, -0.1) is 0 Å². The van der Waals surface area contributed by atoms with E-state index in [2.05, 4.69) is 221 Å². The van der Waals surface area contributed by atoms with Gasteiger partial charge in [0, 0.05) is 28.1 Å². The summed E-state index contributed by atoms with van der Waals surface area (Å²) in [7, 11) is 0. The van der Waals surface area contributed by atoms with Crippen LogP contribution in [0.25, 0.3) is 55.4 Å². The molecule has 0 saturated heterocycles. The lowest BCUT2D eigenvalue weighted by molar-refractivity contribution is 1.02. The van der Waals surface area contributed by atoms with E-state index in [0.717, 1.165) is 60.9 Å². The molecular weight excluding hydrogens is 779 g/mol. The summed E-state index contributed by atoms with van der Waals surface area (Å²) < 4.78 is 0. The maximum atomic E-state index is 5.46. The van der Waals surface area contributed by atoms with E-state index in [1.165, 1.54) is 44.8 Å². The lowest BCUT2D eigenvalue weighted by Gasteiger charge is -2.32. The van der Waals surface area contributed by atoms with E-state index in [0.29, 0.717) is 17.6 Å². The monoisotopic (exact) mass is 827 g/mol. The van der Waals surface area contributed by atoms with Gasteiger partial charge >= 0.3 is 0 Å². The van der Waals surface area contributed by atoms with Gasteiger partial charge in [0.25, 0.3) is 0 Å². The largest absolute Gasteiger partial charge is 0.309 e. The van der Waals surface area contributed by atoms with Gasteiger partial charge in [0.2, 0.25) is 5.95 Å². The Kier molecular flexibility index (Phi) is 10.5. The molecule has 0 bridgehead atoms. The Labute approximate surface area is 376 Å². The number of nitrogens with zero attached hydrogens (tertiary/aromatic N) is 5. The third-order valence-electron chi connectivity index (χ3n) is 12.2. The van der Waals surface area contributed by atoms with Crippen LogP contribution in [0.15, 0.2) is 188 Å². The fourth-order valence-electron chi connectivity index (χ4n) is 9.52. The second-order valence-electron chi connectivity index (χ2n) is 16.9. The first-order chi connectivity index (χ1) is 31.2. The number of hydrogen-bond donors (Lipinski definition) is 0. The molecule has 0 radical (unpaired) electrons. The maximum Gasteiger partial charge on any atom is 0.238 e. The van der Waals surface area contributed by atoms with Crippen LogP contribution in [0.3, 0.4) is 0 Å². The summed E-state index contributed by atoms with van der Waals surface area (Å²) >= 11 is 0. The molecule has 5 heteroatoms. The van der Waals surface area contributed by atoms with Gasteiger partial charge in [0.05, 0.1) is 17.1 Å². The standard InChI is InChI=1S/C59H49N5/c1-38-32-40(3)55(41(4)33-38)64(56-42(5)34-39(2)35-43(56)6)50-30-28-49(29-31-50)63(54-37-48-24-14-13-23-47(48)36-53(54)45-18-9-7-10-19-45)59-61-57(46-21-11-8-12-22-46)60-58(62-59)52-27-17-25-44-20-15-16-26-51(44)52/h7-37H,1-6H3. The minimum Gasteiger partial charge on any atom is -0.309 e. The number of fused-ring (bicyclic) bond motifs is 2. The van der Waals surface area contributed by atoms with Crippen LogP contribution in [0.1, 0.15) is 33.4 Å². The van der Waals surface area contributed by atoms with Gasteiger partial charge in [-0.25, -0.2) is 4.98 Å². The Bertz CT molecular complexity index is 3230. The Morgan fingerprint density at radius 1 is 0.344 bits per heavy atom. The average molecular weight is 828 g/mol. The molecule has 0 spiro atoms. The molecule has 0 aliphatic heterocycles. The molecule has 1 aromatic heterocycles. The van der Waals surface area contributed by atoms with Crippen LogP contribution in [0, 0.1) is 41.5 Å². The minimum absolute atomic E-state index is 0.518. The summed E-state index contributed by atoms with van der Waals surface area (Å²) in [5, 5.41) is 4.48. The number of aryl methyl sites for hydroxylation is 6. The van der Waals surface area contributed by atoms with Crippen molar-refractivity contribution in [2.45, 2.75) is 41.5 Å². The highest BCUT2D eigenvalue weighted by atomic mass is 15.3. The van der Waals surface area contributed by atoms with Gasteiger partial charge in [-0.3, -0.25) is 4.90 Å². The van der Waals surface area contributed by atoms with Gasteiger partial charge in [-0.05, 0) is 127 Å². The quantitative estimate of drug-likeness (QED) is 0.145. The molecular formula is C59H49N5. The molecule has 9 aromatic carbocycles. The predicted molar refractivity (Wildman–Crippen MR) is 269 cm³/mol. The van der Waals surface area contributed by atoms with Gasteiger partial charge in [-0.1, -0.05) is 163 Å². The Morgan fingerprint density at radius 2 is 0.812 bits per heavy atom. The first-order valence-electron chi connectivity index (χ1n) is 21.9. The molecule has 0 atom stereocenters. The highest BCUT2D eigenvalue weighted by Crippen LogP contribution is 2.46. The summed E-state index contributed by atoms with van der Waals surface area (Å²) in [6.45, 7) is 13.2. The minimum atomic E-state index is 0.518. The fourth-order valence-corrected chi connectivity index (χ4v) is 9.52. The molecule has 5 nitrogen and oxygen atoms in total. The van der Waals surface area contributed by atoms with E-state index >= 15 is 0 Å². The molecule has 0 N–H and O–H groups in total. The molecule has 10 rings (SSSR count). The topological polar surface area (TPSA) is 45.2 Å². The molecule has 64 heavy (non-hydrogen) atoms. The highest BCUT2D eigenvalue weighted by Gasteiger charge is 2.26. The third kappa shape index (κ3) is 7.56. The Morgan fingerprint density at radius 3 is 1.41 bits per heavy atom. The van der Waals surface area contributed by atoms with Crippen molar-refractivity contribution in [1.29, 1.82) is 0 Å². The molecule has 10 aromatic rings. The van der Waals surface area contributed by atoms with E-state index < -0.39 is 0 Å². The van der Waals surface area contributed by atoms with E-state index in [9.17, 15) is 0 Å². The Balaban J connectivity index is 1.25. The van der Waals surface area contributed by atoms with Crippen LogP contribution in [0.4, 0.5) is 34.4 Å². The fraction of sp³-hybridized carbons (Fsp3) is 0.102. The smallest absolute Gasteiger partial charge is 0.238 e. The van der Waals surface area contributed by atoms with Gasteiger partial charge < -0.3 is 4.90 Å². The molecule has 0 aliphatic carbocycles. The molecule has 0 aliphatic rings. The zero-order valence-electron chi connectivity index (χ0n) is 37.1. The molecule has 0 saturated carbocycles. The van der Waals surface area contributed by atoms with Crippen molar-refractivity contribution in [3.63, 3.8) is 0 Å². The van der Waals surface area contributed by atoms with Crippen LogP contribution >= 0.6 is 0 Å². The number of anilines is 6. The van der Waals surface area contributed by atoms with Crippen molar-refractivity contribution in [3.05, 3.63) is 221 Å². The van der Waals surface area contributed by atoms with Crippen LogP contribution in [-0.4, -0.2) is 15.0 Å².